The molecule has 0 unspecified atom stereocenters. The zero-order valence-corrected chi connectivity index (χ0v) is 18.7. The van der Waals surface area contributed by atoms with Crippen LogP contribution in [0.5, 0.6) is 5.75 Å². The van der Waals surface area contributed by atoms with Crippen molar-refractivity contribution < 1.29 is 9.47 Å². The quantitative estimate of drug-likeness (QED) is 0.259. The largest absolute Gasteiger partial charge is 0.489 e. The Bertz CT molecular complexity index is 917. The number of halogens is 1. The van der Waals surface area contributed by atoms with Crippen LogP contribution in [0.1, 0.15) is 16.7 Å². The van der Waals surface area contributed by atoms with E-state index in [1.54, 1.807) is 7.11 Å². The Hall–Kier alpha value is -2.58. The molecule has 6 heteroatoms. The maximum Gasteiger partial charge on any atom is 0.193 e. The molecule has 0 heterocycles. The van der Waals surface area contributed by atoms with Crippen LogP contribution in [0, 0.1) is 0 Å². The van der Waals surface area contributed by atoms with Gasteiger partial charge in [-0.15, -0.1) is 24.0 Å². The zero-order chi connectivity index (χ0) is 19.6. The number of nitrogens with zero attached hydrogens (tertiary/aromatic N) is 1. The molecule has 3 aromatic carbocycles. The van der Waals surface area contributed by atoms with E-state index in [4.69, 9.17) is 15.2 Å². The number of aliphatic imine (C=N–C) groups is 1. The molecule has 0 spiro atoms. The second kappa shape index (κ2) is 12.1. The number of benzene rings is 3. The van der Waals surface area contributed by atoms with Crippen molar-refractivity contribution in [1.82, 2.24) is 0 Å². The average molecular weight is 503 g/mol. The smallest absolute Gasteiger partial charge is 0.193 e. The first kappa shape index (κ1) is 22.7. The Labute approximate surface area is 189 Å². The number of hydrogen-bond donors (Lipinski definition) is 2. The fraction of sp³-hybridized carbons (Fsp3) is 0.174. The molecule has 152 valence electrons. The highest BCUT2D eigenvalue weighted by molar-refractivity contribution is 14.0. The molecule has 0 aromatic heterocycles. The number of methoxy groups -OCH3 is 1. The van der Waals surface area contributed by atoms with E-state index in [2.05, 4.69) is 16.4 Å². The van der Waals surface area contributed by atoms with E-state index in [0.29, 0.717) is 25.7 Å². The molecule has 3 N–H and O–H groups in total. The number of guanidine groups is 1. The van der Waals surface area contributed by atoms with E-state index >= 15 is 0 Å². The first-order valence-corrected chi connectivity index (χ1v) is 9.14. The first-order valence-electron chi connectivity index (χ1n) is 9.14. The molecule has 0 bridgehead atoms. The third-order valence-corrected chi connectivity index (χ3v) is 4.15. The number of nitrogens with two attached hydrogens (primary N) is 1. The SMILES string of the molecule is COCc1ccccc1NC(N)=NCc1cccc(COc2ccccc2)c1.I. The van der Waals surface area contributed by atoms with Gasteiger partial charge in [-0.25, -0.2) is 4.99 Å². The van der Waals surface area contributed by atoms with Crippen molar-refractivity contribution in [3.8, 4) is 5.75 Å². The van der Waals surface area contributed by atoms with Gasteiger partial charge in [0.15, 0.2) is 5.96 Å². The molecule has 0 fully saturated rings. The standard InChI is InChI=1S/C23H25N3O2.HI/c1-27-17-20-10-5-6-13-22(20)26-23(24)25-15-18-8-7-9-19(14-18)16-28-21-11-3-2-4-12-21;/h2-14H,15-17H2,1H3,(H3,24,25,26);1H. The highest BCUT2D eigenvalue weighted by Gasteiger charge is 2.03. The summed E-state index contributed by atoms with van der Waals surface area (Å²) in [6.45, 7) is 1.52. The van der Waals surface area contributed by atoms with Crippen LogP contribution in [0.4, 0.5) is 5.69 Å². The van der Waals surface area contributed by atoms with Gasteiger partial charge in [-0.3, -0.25) is 0 Å². The molecular formula is C23H26IN3O2. The molecular weight excluding hydrogens is 477 g/mol. The lowest BCUT2D eigenvalue weighted by atomic mass is 10.1. The van der Waals surface area contributed by atoms with Gasteiger partial charge in [-0.1, -0.05) is 60.7 Å². The van der Waals surface area contributed by atoms with Crippen LogP contribution >= 0.6 is 24.0 Å². The van der Waals surface area contributed by atoms with Crippen LogP contribution in [-0.4, -0.2) is 13.1 Å². The average Bonchev–Trinajstić information content (AvgIpc) is 2.73. The summed E-state index contributed by atoms with van der Waals surface area (Å²) in [4.78, 5) is 4.45. The van der Waals surface area contributed by atoms with E-state index in [-0.39, 0.29) is 24.0 Å². The van der Waals surface area contributed by atoms with Gasteiger partial charge < -0.3 is 20.5 Å². The third kappa shape index (κ3) is 7.40. The van der Waals surface area contributed by atoms with Crippen molar-refractivity contribution in [2.24, 2.45) is 10.7 Å². The Balaban J connectivity index is 0.00000300. The minimum Gasteiger partial charge on any atom is -0.489 e. The predicted octanol–water partition coefficient (Wildman–Crippen LogP) is 4.96. The van der Waals surface area contributed by atoms with Gasteiger partial charge in [0.1, 0.15) is 12.4 Å². The summed E-state index contributed by atoms with van der Waals surface area (Å²) in [6, 6.07) is 25.8. The van der Waals surface area contributed by atoms with Gasteiger partial charge in [-0.05, 0) is 29.3 Å². The second-order valence-electron chi connectivity index (χ2n) is 6.34. The third-order valence-electron chi connectivity index (χ3n) is 4.15. The number of para-hydroxylation sites is 2. The summed E-state index contributed by atoms with van der Waals surface area (Å²) in [6.07, 6.45) is 0. The summed E-state index contributed by atoms with van der Waals surface area (Å²) in [7, 11) is 1.67. The van der Waals surface area contributed by atoms with E-state index in [1.807, 2.05) is 72.8 Å². The van der Waals surface area contributed by atoms with Crippen LogP contribution in [0.15, 0.2) is 83.9 Å². The Kier molecular flexibility index (Phi) is 9.46. The first-order chi connectivity index (χ1) is 13.7. The van der Waals surface area contributed by atoms with Gasteiger partial charge in [0.2, 0.25) is 0 Å². The lowest BCUT2D eigenvalue weighted by molar-refractivity contribution is 0.185. The Morgan fingerprint density at radius 1 is 0.897 bits per heavy atom. The Morgan fingerprint density at radius 3 is 2.41 bits per heavy atom. The topological polar surface area (TPSA) is 68.9 Å². The molecule has 0 atom stereocenters. The molecule has 0 saturated heterocycles. The van der Waals surface area contributed by atoms with Gasteiger partial charge in [0, 0.05) is 18.4 Å². The molecule has 0 saturated carbocycles. The van der Waals surface area contributed by atoms with Crippen LogP contribution < -0.4 is 15.8 Å². The molecule has 29 heavy (non-hydrogen) atoms. The molecule has 0 aliphatic heterocycles. The van der Waals surface area contributed by atoms with Crippen molar-refractivity contribution in [3.05, 3.63) is 95.6 Å². The minimum atomic E-state index is 0. The van der Waals surface area contributed by atoms with Crippen LogP contribution in [-0.2, 0) is 24.5 Å². The van der Waals surface area contributed by atoms with Crippen molar-refractivity contribution >= 4 is 35.6 Å². The van der Waals surface area contributed by atoms with E-state index in [1.165, 1.54) is 0 Å². The molecule has 0 aliphatic rings. The van der Waals surface area contributed by atoms with E-state index in [0.717, 1.165) is 28.1 Å². The maximum atomic E-state index is 6.06. The van der Waals surface area contributed by atoms with Crippen LogP contribution in [0.2, 0.25) is 0 Å². The lowest BCUT2D eigenvalue weighted by Gasteiger charge is -2.11. The predicted molar refractivity (Wildman–Crippen MR) is 129 cm³/mol. The molecule has 5 nitrogen and oxygen atoms in total. The molecule has 3 aromatic rings. The highest BCUT2D eigenvalue weighted by atomic mass is 127. The monoisotopic (exact) mass is 503 g/mol. The molecule has 0 radical (unpaired) electrons. The highest BCUT2D eigenvalue weighted by Crippen LogP contribution is 2.16. The summed E-state index contributed by atoms with van der Waals surface area (Å²) >= 11 is 0. The van der Waals surface area contributed by atoms with Gasteiger partial charge in [-0.2, -0.15) is 0 Å². The van der Waals surface area contributed by atoms with Crippen LogP contribution in [0.25, 0.3) is 0 Å². The zero-order valence-electron chi connectivity index (χ0n) is 16.4. The van der Waals surface area contributed by atoms with Crippen molar-refractivity contribution in [2.75, 3.05) is 12.4 Å². The number of rotatable bonds is 8. The van der Waals surface area contributed by atoms with Gasteiger partial charge >= 0.3 is 0 Å². The number of hydrogen-bond acceptors (Lipinski definition) is 3. The number of ether oxygens (including phenoxy) is 2. The van der Waals surface area contributed by atoms with E-state index in [9.17, 15) is 0 Å². The summed E-state index contributed by atoms with van der Waals surface area (Å²) in [5, 5.41) is 3.15. The summed E-state index contributed by atoms with van der Waals surface area (Å²) in [5.41, 5.74) is 10.2. The Morgan fingerprint density at radius 2 is 1.62 bits per heavy atom. The van der Waals surface area contributed by atoms with Gasteiger partial charge in [0.25, 0.3) is 0 Å². The summed E-state index contributed by atoms with van der Waals surface area (Å²) < 4.78 is 11.0. The summed E-state index contributed by atoms with van der Waals surface area (Å²) in [5.74, 6) is 1.23. The van der Waals surface area contributed by atoms with Crippen molar-refractivity contribution in [3.63, 3.8) is 0 Å². The van der Waals surface area contributed by atoms with Crippen LogP contribution in [0.3, 0.4) is 0 Å². The van der Waals surface area contributed by atoms with Crippen molar-refractivity contribution in [2.45, 2.75) is 19.8 Å². The number of nitrogens with one attached hydrogen (secondary N) is 1. The van der Waals surface area contributed by atoms with Crippen molar-refractivity contribution in [1.29, 1.82) is 0 Å². The lowest BCUT2D eigenvalue weighted by Crippen LogP contribution is -2.23. The molecule has 0 amide bonds. The molecule has 0 aliphatic carbocycles. The number of anilines is 1. The normalized spacial score (nSPS) is 10.9. The minimum absolute atomic E-state index is 0. The van der Waals surface area contributed by atoms with Gasteiger partial charge in [0.05, 0.1) is 13.2 Å². The fourth-order valence-electron chi connectivity index (χ4n) is 2.78. The fourth-order valence-corrected chi connectivity index (χ4v) is 2.78. The maximum absolute atomic E-state index is 6.06. The molecule has 3 rings (SSSR count). The second-order valence-corrected chi connectivity index (χ2v) is 6.34. The van der Waals surface area contributed by atoms with E-state index < -0.39 is 0 Å².